The summed E-state index contributed by atoms with van der Waals surface area (Å²) in [4.78, 5) is 1.14. The number of rotatable bonds is 4. The Morgan fingerprint density at radius 2 is 2.35 bits per heavy atom. The first-order valence-corrected chi connectivity index (χ1v) is 7.16. The highest BCUT2D eigenvalue weighted by molar-refractivity contribution is 7.10. The molecule has 6 heteroatoms. The zero-order valence-electron chi connectivity index (χ0n) is 10.9. The fourth-order valence-electron chi connectivity index (χ4n) is 2.03. The lowest BCUT2D eigenvalue weighted by Crippen LogP contribution is -2.19. The Morgan fingerprint density at radius 1 is 1.45 bits per heavy atom. The van der Waals surface area contributed by atoms with Crippen molar-refractivity contribution in [3.05, 3.63) is 52.1 Å². The van der Waals surface area contributed by atoms with Crippen LogP contribution in [0.25, 0.3) is 5.65 Å². The molecule has 3 aromatic heterocycles. The highest BCUT2D eigenvalue weighted by atomic mass is 32.1. The molecule has 0 amide bonds. The molecule has 5 nitrogen and oxygen atoms in total. The van der Waals surface area contributed by atoms with Crippen molar-refractivity contribution in [2.24, 2.45) is 0 Å². The monoisotopic (exact) mass is 283 g/mol. The van der Waals surface area contributed by atoms with E-state index in [1.54, 1.807) is 11.3 Å². The minimum absolute atomic E-state index is 0.0834. The van der Waals surface area contributed by atoms with Gasteiger partial charge in [0.1, 0.15) is 6.07 Å². The van der Waals surface area contributed by atoms with Gasteiger partial charge in [0.2, 0.25) is 0 Å². The van der Waals surface area contributed by atoms with E-state index in [9.17, 15) is 0 Å². The first kappa shape index (κ1) is 12.8. The summed E-state index contributed by atoms with van der Waals surface area (Å²) in [7, 11) is 0. The van der Waals surface area contributed by atoms with Crippen molar-refractivity contribution in [3.63, 3.8) is 0 Å². The van der Waals surface area contributed by atoms with Crippen LogP contribution in [-0.2, 0) is 6.54 Å². The van der Waals surface area contributed by atoms with Crippen LogP contribution in [0.1, 0.15) is 29.2 Å². The van der Waals surface area contributed by atoms with Gasteiger partial charge in [0.05, 0.1) is 11.6 Å². The first-order chi connectivity index (χ1) is 9.78. The van der Waals surface area contributed by atoms with Gasteiger partial charge in [-0.05, 0) is 25.1 Å². The highest BCUT2D eigenvalue weighted by Crippen LogP contribution is 2.16. The third kappa shape index (κ3) is 2.41. The van der Waals surface area contributed by atoms with Gasteiger partial charge in [-0.25, -0.2) is 0 Å². The van der Waals surface area contributed by atoms with Crippen LogP contribution in [0.4, 0.5) is 0 Å². The van der Waals surface area contributed by atoms with Crippen molar-refractivity contribution in [1.82, 2.24) is 19.9 Å². The number of nitrogens with one attached hydrogen (secondary N) is 1. The lowest BCUT2D eigenvalue weighted by molar-refractivity contribution is 0.545. The molecule has 0 saturated carbocycles. The smallest absolute Gasteiger partial charge is 0.160 e. The molecule has 1 N–H and O–H groups in total. The highest BCUT2D eigenvalue weighted by Gasteiger charge is 2.12. The maximum Gasteiger partial charge on any atom is 0.160 e. The molecule has 3 rings (SSSR count). The summed E-state index contributed by atoms with van der Waals surface area (Å²) in [6.45, 7) is 2.78. The van der Waals surface area contributed by atoms with Crippen molar-refractivity contribution >= 4 is 17.0 Å². The molecule has 0 aliphatic heterocycles. The summed E-state index contributed by atoms with van der Waals surface area (Å²) >= 11 is 1.59. The molecule has 1 atom stereocenters. The maximum absolute atomic E-state index is 8.81. The van der Waals surface area contributed by atoms with Gasteiger partial charge in [-0.2, -0.15) is 5.26 Å². The Bertz CT molecular complexity index is 767. The summed E-state index contributed by atoms with van der Waals surface area (Å²) in [5.74, 6) is 0.887. The van der Waals surface area contributed by atoms with Gasteiger partial charge >= 0.3 is 0 Å². The summed E-state index contributed by atoms with van der Waals surface area (Å²) in [6, 6.07) is 9.98. The lowest BCUT2D eigenvalue weighted by atomic mass is 10.3. The Balaban J connectivity index is 1.73. The Hall–Kier alpha value is -2.23. The Kier molecular flexibility index (Phi) is 3.46. The normalized spacial score (nSPS) is 12.4. The van der Waals surface area contributed by atoms with Crippen molar-refractivity contribution < 1.29 is 0 Å². The molecule has 20 heavy (non-hydrogen) atoms. The van der Waals surface area contributed by atoms with Crippen LogP contribution in [-0.4, -0.2) is 14.6 Å². The predicted molar refractivity (Wildman–Crippen MR) is 77.3 cm³/mol. The molecule has 0 saturated heterocycles. The summed E-state index contributed by atoms with van der Waals surface area (Å²) < 4.78 is 1.98. The first-order valence-electron chi connectivity index (χ1n) is 6.28. The quantitative estimate of drug-likeness (QED) is 0.799. The van der Waals surface area contributed by atoms with E-state index in [2.05, 4.69) is 28.5 Å². The molecule has 0 aliphatic carbocycles. The predicted octanol–water partition coefficient (Wildman–Crippen LogP) is 2.51. The average Bonchev–Trinajstić information content (AvgIpc) is 3.11. The van der Waals surface area contributed by atoms with E-state index in [0.29, 0.717) is 5.56 Å². The third-order valence-corrected chi connectivity index (χ3v) is 4.03. The minimum atomic E-state index is 0.0834. The molecule has 0 radical (unpaired) electrons. The summed E-state index contributed by atoms with van der Waals surface area (Å²) in [6.07, 6.45) is 1.96. The standard InChI is InChI=1S/C14H13N5S/c1-10(16-8-12-6-11(7-15)9-20-12)14-18-17-13-4-2-3-5-19(13)14/h2-6,9-10,16H,8H2,1H3. The van der Waals surface area contributed by atoms with Crippen molar-refractivity contribution in [2.75, 3.05) is 0 Å². The largest absolute Gasteiger partial charge is 0.303 e. The number of hydrogen-bond acceptors (Lipinski definition) is 5. The molecule has 0 spiro atoms. The van der Waals surface area contributed by atoms with Crippen molar-refractivity contribution in [1.29, 1.82) is 5.26 Å². The van der Waals surface area contributed by atoms with E-state index >= 15 is 0 Å². The van der Waals surface area contributed by atoms with Crippen molar-refractivity contribution in [3.8, 4) is 6.07 Å². The number of aromatic nitrogens is 3. The van der Waals surface area contributed by atoms with Gasteiger partial charge in [-0.3, -0.25) is 4.40 Å². The van der Waals surface area contributed by atoms with Crippen LogP contribution < -0.4 is 5.32 Å². The van der Waals surface area contributed by atoms with Gasteiger partial charge in [0.15, 0.2) is 11.5 Å². The molecule has 3 aromatic rings. The van der Waals surface area contributed by atoms with E-state index in [1.807, 2.05) is 40.2 Å². The number of pyridine rings is 1. The fraction of sp³-hybridized carbons (Fsp3) is 0.214. The lowest BCUT2D eigenvalue weighted by Gasteiger charge is -2.11. The van der Waals surface area contributed by atoms with Crippen LogP contribution >= 0.6 is 11.3 Å². The maximum atomic E-state index is 8.81. The number of thiophene rings is 1. The van der Waals surface area contributed by atoms with Gasteiger partial charge in [0, 0.05) is 23.0 Å². The fourth-order valence-corrected chi connectivity index (χ4v) is 2.79. The van der Waals surface area contributed by atoms with E-state index < -0.39 is 0 Å². The van der Waals surface area contributed by atoms with Gasteiger partial charge in [0.25, 0.3) is 0 Å². The van der Waals surface area contributed by atoms with Crippen molar-refractivity contribution in [2.45, 2.75) is 19.5 Å². The zero-order valence-corrected chi connectivity index (χ0v) is 11.8. The number of fused-ring (bicyclic) bond motifs is 1. The molecular weight excluding hydrogens is 270 g/mol. The summed E-state index contributed by atoms with van der Waals surface area (Å²) in [5, 5.41) is 22.5. The average molecular weight is 283 g/mol. The molecule has 0 aromatic carbocycles. The van der Waals surface area contributed by atoms with Gasteiger partial charge in [-0.1, -0.05) is 6.07 Å². The molecule has 0 bridgehead atoms. The molecule has 0 aliphatic rings. The van der Waals surface area contributed by atoms with Gasteiger partial charge in [-0.15, -0.1) is 21.5 Å². The number of nitrogens with zero attached hydrogens (tertiary/aromatic N) is 4. The second kappa shape index (κ2) is 5.41. The van der Waals surface area contributed by atoms with Crippen LogP contribution in [0.5, 0.6) is 0 Å². The minimum Gasteiger partial charge on any atom is -0.303 e. The molecule has 100 valence electrons. The molecule has 0 fully saturated rings. The summed E-state index contributed by atoms with van der Waals surface area (Å²) in [5.41, 5.74) is 1.56. The van der Waals surface area contributed by atoms with Gasteiger partial charge < -0.3 is 5.32 Å². The van der Waals surface area contributed by atoms with Crippen LogP contribution in [0.3, 0.4) is 0 Å². The molecule has 1 unspecified atom stereocenters. The van der Waals surface area contributed by atoms with E-state index in [0.717, 1.165) is 22.9 Å². The second-order valence-electron chi connectivity index (χ2n) is 4.50. The topological polar surface area (TPSA) is 66.0 Å². The van der Waals surface area contributed by atoms with E-state index in [-0.39, 0.29) is 6.04 Å². The molecule has 3 heterocycles. The van der Waals surface area contributed by atoms with Crippen LogP contribution in [0, 0.1) is 11.3 Å². The number of hydrogen-bond donors (Lipinski definition) is 1. The van der Waals surface area contributed by atoms with E-state index in [1.165, 1.54) is 0 Å². The van der Waals surface area contributed by atoms with Crippen LogP contribution in [0.2, 0.25) is 0 Å². The van der Waals surface area contributed by atoms with E-state index in [4.69, 9.17) is 5.26 Å². The second-order valence-corrected chi connectivity index (χ2v) is 5.50. The SMILES string of the molecule is CC(NCc1cc(C#N)cs1)c1nnc2ccccn12. The zero-order chi connectivity index (χ0) is 13.9. The Morgan fingerprint density at radius 3 is 3.15 bits per heavy atom. The third-order valence-electron chi connectivity index (χ3n) is 3.09. The molecular formula is C14H13N5S. The Labute approximate surface area is 120 Å². The van der Waals surface area contributed by atoms with Crippen LogP contribution in [0.15, 0.2) is 35.8 Å². The number of nitriles is 1.